The van der Waals surface area contributed by atoms with Crippen LogP contribution in [0.2, 0.25) is 0 Å². The van der Waals surface area contributed by atoms with Gasteiger partial charge in [0.2, 0.25) is 5.95 Å². The molecule has 1 aromatic carbocycles. The number of halogens is 3. The van der Waals surface area contributed by atoms with Crippen LogP contribution >= 0.6 is 0 Å². The van der Waals surface area contributed by atoms with Crippen LogP contribution in [-0.4, -0.2) is 33.7 Å². The van der Waals surface area contributed by atoms with E-state index in [9.17, 15) is 22.8 Å². The molecule has 1 aromatic heterocycles. The lowest BCUT2D eigenvalue weighted by atomic mass is 10.1. The topological polar surface area (TPSA) is 99.2 Å². The Labute approximate surface area is 166 Å². The average molecular weight is 412 g/mol. The number of alkyl halides is 3. The molecule has 29 heavy (non-hydrogen) atoms. The molecular formula is C19H23F3N4O3. The van der Waals surface area contributed by atoms with Crippen molar-refractivity contribution in [1.82, 2.24) is 14.9 Å². The number of imidazole rings is 1. The maximum absolute atomic E-state index is 12.5. The fourth-order valence-corrected chi connectivity index (χ4v) is 2.41. The third kappa shape index (κ3) is 6.51. The monoisotopic (exact) mass is 412 g/mol. The number of carbonyl (C=O) groups excluding carboxylic acids is 2. The van der Waals surface area contributed by atoms with Gasteiger partial charge in [-0.2, -0.15) is 13.2 Å². The summed E-state index contributed by atoms with van der Waals surface area (Å²) in [7, 11) is 0. The molecule has 1 heterocycles. The fraction of sp³-hybridized carbons (Fsp3) is 0.421. The smallest absolute Gasteiger partial charge is 0.421 e. The number of nitrogen functional groups attached to an aromatic ring is 1. The molecule has 0 atom stereocenters. The van der Waals surface area contributed by atoms with Crippen LogP contribution in [0, 0.1) is 0 Å². The van der Waals surface area contributed by atoms with E-state index in [1.54, 1.807) is 20.8 Å². The number of anilines is 1. The minimum atomic E-state index is -4.44. The van der Waals surface area contributed by atoms with Crippen LogP contribution in [0.1, 0.15) is 48.8 Å². The van der Waals surface area contributed by atoms with Crippen LogP contribution in [-0.2, 0) is 17.3 Å². The summed E-state index contributed by atoms with van der Waals surface area (Å²) in [4.78, 5) is 28.1. The molecule has 2 rings (SSSR count). The maximum Gasteiger partial charge on any atom is 0.421 e. The van der Waals surface area contributed by atoms with Crippen molar-refractivity contribution in [2.45, 2.75) is 45.4 Å². The Morgan fingerprint density at radius 3 is 2.34 bits per heavy atom. The van der Waals surface area contributed by atoms with Crippen molar-refractivity contribution >= 4 is 17.9 Å². The van der Waals surface area contributed by atoms with Crippen LogP contribution in [0.4, 0.5) is 23.9 Å². The van der Waals surface area contributed by atoms with Crippen molar-refractivity contribution < 1.29 is 27.5 Å². The minimum Gasteiger partial charge on any atom is -0.443 e. The highest BCUT2D eigenvalue weighted by atomic mass is 19.4. The molecule has 3 N–H and O–H groups in total. The number of nitrogens with zero attached hydrogens (tertiary/aromatic N) is 2. The van der Waals surface area contributed by atoms with Crippen LogP contribution in [0.5, 0.6) is 0 Å². The van der Waals surface area contributed by atoms with Gasteiger partial charge < -0.3 is 15.8 Å². The number of rotatable bonds is 5. The number of aryl methyl sites for hydroxylation is 1. The molecule has 158 valence electrons. The van der Waals surface area contributed by atoms with Gasteiger partial charge in [0.1, 0.15) is 5.60 Å². The molecule has 0 aliphatic carbocycles. The average Bonchev–Trinajstić information content (AvgIpc) is 2.97. The Balaban J connectivity index is 1.84. The van der Waals surface area contributed by atoms with Crippen molar-refractivity contribution in [2.75, 3.05) is 12.3 Å². The third-order valence-electron chi connectivity index (χ3n) is 3.74. The van der Waals surface area contributed by atoms with E-state index in [1.165, 1.54) is 6.20 Å². The number of nitrogens with two attached hydrogens (primary N) is 1. The fourth-order valence-electron chi connectivity index (χ4n) is 2.41. The summed E-state index contributed by atoms with van der Waals surface area (Å²) in [5, 5.41) is 2.63. The summed E-state index contributed by atoms with van der Waals surface area (Å²) in [6.07, 6.45) is -2.67. The number of aromatic nitrogens is 2. The second-order valence-electron chi connectivity index (χ2n) is 7.38. The summed E-state index contributed by atoms with van der Waals surface area (Å²) in [5.74, 6) is -0.472. The molecule has 2 aromatic rings. The van der Waals surface area contributed by atoms with Crippen LogP contribution in [0.25, 0.3) is 0 Å². The number of nitrogens with one attached hydrogen (secondary N) is 1. The summed E-state index contributed by atoms with van der Waals surface area (Å²) in [6, 6.07) is 3.98. The van der Waals surface area contributed by atoms with Gasteiger partial charge in [-0.1, -0.05) is 0 Å². The van der Waals surface area contributed by atoms with E-state index < -0.39 is 29.3 Å². The van der Waals surface area contributed by atoms with Crippen LogP contribution < -0.4 is 11.1 Å². The number of ether oxygens (including phenoxy) is 1. The van der Waals surface area contributed by atoms with Gasteiger partial charge in [0.25, 0.3) is 5.91 Å². The van der Waals surface area contributed by atoms with Crippen LogP contribution in [0.3, 0.4) is 0 Å². The number of benzene rings is 1. The van der Waals surface area contributed by atoms with Crippen molar-refractivity contribution in [3.8, 4) is 0 Å². The zero-order chi connectivity index (χ0) is 21.8. The highest BCUT2D eigenvalue weighted by molar-refractivity contribution is 5.94. The Morgan fingerprint density at radius 2 is 1.79 bits per heavy atom. The first-order valence-electron chi connectivity index (χ1n) is 8.89. The van der Waals surface area contributed by atoms with Crippen molar-refractivity contribution in [2.24, 2.45) is 0 Å². The van der Waals surface area contributed by atoms with Gasteiger partial charge in [-0.15, -0.1) is 0 Å². The normalized spacial score (nSPS) is 11.9. The quantitative estimate of drug-likeness (QED) is 0.731. The number of carbonyl (C=O) groups is 2. The predicted octanol–water partition coefficient (Wildman–Crippen LogP) is 3.63. The van der Waals surface area contributed by atoms with E-state index in [1.807, 2.05) is 0 Å². The highest BCUT2D eigenvalue weighted by Gasteiger charge is 2.30. The standard InChI is InChI=1S/C19H23F3N4O3/c1-18(2,3)29-17(28)26-11-14(25-16(26)23)5-4-10-24-15(27)12-6-8-13(9-7-12)19(20,21)22/h6-9,11H,4-5,10H2,1-3H3,(H2,23,25)(H,24,27). The van der Waals surface area contributed by atoms with E-state index in [0.29, 0.717) is 18.5 Å². The first kappa shape index (κ1) is 22.3. The van der Waals surface area contributed by atoms with Crippen molar-refractivity contribution in [3.63, 3.8) is 0 Å². The molecule has 0 bridgehead atoms. The molecule has 0 saturated carbocycles. The summed E-state index contributed by atoms with van der Waals surface area (Å²) in [6.45, 7) is 5.48. The lowest BCUT2D eigenvalue weighted by Crippen LogP contribution is -2.27. The van der Waals surface area contributed by atoms with Gasteiger partial charge >= 0.3 is 12.3 Å². The highest BCUT2D eigenvalue weighted by Crippen LogP contribution is 2.29. The molecule has 0 fully saturated rings. The largest absolute Gasteiger partial charge is 0.443 e. The number of hydrogen-bond acceptors (Lipinski definition) is 5. The first-order chi connectivity index (χ1) is 13.4. The first-order valence-corrected chi connectivity index (χ1v) is 8.89. The zero-order valence-electron chi connectivity index (χ0n) is 16.3. The Morgan fingerprint density at radius 1 is 1.17 bits per heavy atom. The minimum absolute atomic E-state index is 0.00281. The third-order valence-corrected chi connectivity index (χ3v) is 3.74. The van der Waals surface area contributed by atoms with Gasteiger partial charge in [0, 0.05) is 18.3 Å². The molecule has 0 aliphatic heterocycles. The van der Waals surface area contributed by atoms with E-state index in [4.69, 9.17) is 10.5 Å². The maximum atomic E-state index is 12.5. The molecule has 7 nitrogen and oxygen atoms in total. The molecule has 0 unspecified atom stereocenters. The van der Waals surface area contributed by atoms with E-state index in [0.717, 1.165) is 28.8 Å². The molecule has 0 aliphatic rings. The van der Waals surface area contributed by atoms with Gasteiger partial charge in [-0.25, -0.2) is 14.3 Å². The summed E-state index contributed by atoms with van der Waals surface area (Å²) >= 11 is 0. The SMILES string of the molecule is CC(C)(C)OC(=O)n1cc(CCCNC(=O)c2ccc(C(F)(F)F)cc2)nc1N. The van der Waals surface area contributed by atoms with E-state index in [-0.39, 0.29) is 18.1 Å². The Hall–Kier alpha value is -3.04. The van der Waals surface area contributed by atoms with Gasteiger partial charge in [-0.3, -0.25) is 4.79 Å². The number of hydrogen-bond donors (Lipinski definition) is 2. The summed E-state index contributed by atoms with van der Waals surface area (Å²) < 4.78 is 44.0. The Kier molecular flexibility index (Phi) is 6.55. The van der Waals surface area contributed by atoms with Crippen molar-refractivity contribution in [3.05, 3.63) is 47.3 Å². The van der Waals surface area contributed by atoms with Crippen LogP contribution in [0.15, 0.2) is 30.5 Å². The van der Waals surface area contributed by atoms with Gasteiger partial charge in [0.05, 0.1) is 11.3 Å². The predicted molar refractivity (Wildman–Crippen MR) is 100 cm³/mol. The second kappa shape index (κ2) is 8.54. The number of amides is 1. The second-order valence-corrected chi connectivity index (χ2v) is 7.38. The molecule has 0 spiro atoms. The molecule has 0 saturated heterocycles. The Bertz CT molecular complexity index is 868. The molecule has 0 radical (unpaired) electrons. The molecular weight excluding hydrogens is 389 g/mol. The van der Waals surface area contributed by atoms with E-state index in [2.05, 4.69) is 10.3 Å². The molecule has 1 amide bonds. The lowest BCUT2D eigenvalue weighted by molar-refractivity contribution is -0.137. The van der Waals surface area contributed by atoms with Gasteiger partial charge in [-0.05, 0) is 57.9 Å². The lowest BCUT2D eigenvalue weighted by Gasteiger charge is -2.19. The summed E-state index contributed by atoms with van der Waals surface area (Å²) in [5.41, 5.74) is 4.94. The van der Waals surface area contributed by atoms with E-state index >= 15 is 0 Å². The molecule has 10 heteroatoms. The zero-order valence-corrected chi connectivity index (χ0v) is 16.3. The van der Waals surface area contributed by atoms with Crippen molar-refractivity contribution in [1.29, 1.82) is 0 Å². The van der Waals surface area contributed by atoms with Gasteiger partial charge in [0.15, 0.2) is 0 Å².